The first-order valence-corrected chi connectivity index (χ1v) is 8.59. The van der Waals surface area contributed by atoms with Crippen molar-refractivity contribution in [3.05, 3.63) is 12.2 Å². The highest BCUT2D eigenvalue weighted by Gasteiger charge is 2.51. The molecule has 0 spiro atoms. The van der Waals surface area contributed by atoms with Crippen LogP contribution in [0.15, 0.2) is 17.1 Å². The molecule has 0 aromatic carbocycles. The lowest BCUT2D eigenvalue weighted by Crippen LogP contribution is -2.32. The normalized spacial score (nSPS) is 42.5. The highest BCUT2D eigenvalue weighted by Crippen LogP contribution is 2.42. The maximum Gasteiger partial charge on any atom is 0.153 e. The van der Waals surface area contributed by atoms with Crippen LogP contribution in [0.1, 0.15) is 51.4 Å². The van der Waals surface area contributed by atoms with Crippen molar-refractivity contribution >= 4 is 17.3 Å². The molecule has 0 amide bonds. The predicted octanol–water partition coefficient (Wildman–Crippen LogP) is 3.13. The van der Waals surface area contributed by atoms with Gasteiger partial charge in [0.15, 0.2) is 11.6 Å². The van der Waals surface area contributed by atoms with Gasteiger partial charge in [0.05, 0.1) is 11.8 Å². The van der Waals surface area contributed by atoms with Gasteiger partial charge in [-0.25, -0.2) is 0 Å². The second-order valence-corrected chi connectivity index (χ2v) is 7.16. The van der Waals surface area contributed by atoms with E-state index in [-0.39, 0.29) is 23.4 Å². The molecule has 3 aliphatic carbocycles. The van der Waals surface area contributed by atoms with E-state index in [1.165, 1.54) is 19.3 Å². The molecule has 0 aromatic heterocycles. The molecule has 3 heteroatoms. The summed E-state index contributed by atoms with van der Waals surface area (Å²) in [5.41, 5.74) is 0.780. The summed E-state index contributed by atoms with van der Waals surface area (Å²) in [7, 11) is 0. The summed E-state index contributed by atoms with van der Waals surface area (Å²) in [4.78, 5) is 30.2. The van der Waals surface area contributed by atoms with Gasteiger partial charge in [0.2, 0.25) is 0 Å². The number of Topliss-reactive ketones (excluding diaryl/α,β-unsaturated/α-hetero) is 2. The van der Waals surface area contributed by atoms with Crippen LogP contribution < -0.4 is 0 Å². The number of dihydropyridines is 1. The van der Waals surface area contributed by atoms with E-state index in [0.29, 0.717) is 12.0 Å². The van der Waals surface area contributed by atoms with Crippen LogP contribution in [-0.2, 0) is 9.59 Å². The lowest BCUT2D eigenvalue weighted by Gasteiger charge is -2.30. The van der Waals surface area contributed by atoms with Gasteiger partial charge in [-0.05, 0) is 37.7 Å². The smallest absolute Gasteiger partial charge is 0.153 e. The molecule has 112 valence electrons. The van der Waals surface area contributed by atoms with Crippen LogP contribution in [0.4, 0.5) is 0 Å². The maximum absolute atomic E-state index is 12.7. The number of hydrogen-bond donors (Lipinski definition) is 0. The molecule has 4 aliphatic rings. The van der Waals surface area contributed by atoms with E-state index < -0.39 is 5.92 Å². The minimum Gasteiger partial charge on any atom is -0.298 e. The van der Waals surface area contributed by atoms with Crippen LogP contribution >= 0.6 is 0 Å². The molecule has 0 saturated heterocycles. The molecule has 0 radical (unpaired) electrons. The van der Waals surface area contributed by atoms with E-state index >= 15 is 0 Å². The van der Waals surface area contributed by atoms with Crippen LogP contribution in [0.3, 0.4) is 0 Å². The predicted molar refractivity (Wildman–Crippen MR) is 81.3 cm³/mol. The van der Waals surface area contributed by atoms with E-state index in [9.17, 15) is 9.59 Å². The number of aliphatic imine (C=N–C) groups is 1. The second-order valence-electron chi connectivity index (χ2n) is 7.16. The fourth-order valence-corrected chi connectivity index (χ4v) is 4.82. The average Bonchev–Trinajstić information content (AvgIpc) is 2.79. The maximum atomic E-state index is 12.7. The standard InChI is InChI=1S/C18H23NO2/c20-17-12-6-2-3-7-13(12)18(21)16(17)15-10-9-11-5-1-4-8-14(11)19-15/h9-14,16H,1-8H2. The number of rotatable bonds is 1. The first kappa shape index (κ1) is 13.4. The summed E-state index contributed by atoms with van der Waals surface area (Å²) in [6, 6.07) is 0.321. The number of hydrogen-bond acceptors (Lipinski definition) is 3. The molecule has 3 fully saturated rings. The van der Waals surface area contributed by atoms with Gasteiger partial charge >= 0.3 is 0 Å². The van der Waals surface area contributed by atoms with Gasteiger partial charge in [0.25, 0.3) is 0 Å². The molecule has 0 N–H and O–H groups in total. The zero-order valence-electron chi connectivity index (χ0n) is 12.5. The van der Waals surface area contributed by atoms with Gasteiger partial charge in [-0.3, -0.25) is 14.6 Å². The Morgan fingerprint density at radius 1 is 0.857 bits per heavy atom. The van der Waals surface area contributed by atoms with Crippen molar-refractivity contribution in [2.45, 2.75) is 57.4 Å². The lowest BCUT2D eigenvalue weighted by molar-refractivity contribution is -0.125. The fraction of sp³-hybridized carbons (Fsp3) is 0.722. The molecule has 0 aromatic rings. The molecular weight excluding hydrogens is 262 g/mol. The van der Waals surface area contributed by atoms with Crippen LogP contribution in [0.5, 0.6) is 0 Å². The highest BCUT2D eigenvalue weighted by atomic mass is 16.2. The van der Waals surface area contributed by atoms with E-state index in [1.807, 2.05) is 6.08 Å². The molecule has 3 saturated carbocycles. The van der Waals surface area contributed by atoms with Crippen molar-refractivity contribution < 1.29 is 9.59 Å². The Morgan fingerprint density at radius 2 is 1.48 bits per heavy atom. The number of carbonyl (C=O) groups is 2. The molecule has 21 heavy (non-hydrogen) atoms. The monoisotopic (exact) mass is 285 g/mol. The minimum absolute atomic E-state index is 0.00331. The number of carbonyl (C=O) groups excluding carboxylic acids is 2. The van der Waals surface area contributed by atoms with Crippen LogP contribution in [-0.4, -0.2) is 23.3 Å². The summed E-state index contributed by atoms with van der Waals surface area (Å²) >= 11 is 0. The zero-order valence-corrected chi connectivity index (χ0v) is 12.5. The summed E-state index contributed by atoms with van der Waals surface area (Å²) in [5, 5.41) is 0. The van der Waals surface area contributed by atoms with E-state index in [0.717, 1.165) is 37.8 Å². The Bertz CT molecular complexity index is 509. The van der Waals surface area contributed by atoms with Gasteiger partial charge in [0.1, 0.15) is 5.92 Å². The van der Waals surface area contributed by atoms with Gasteiger partial charge < -0.3 is 0 Å². The quantitative estimate of drug-likeness (QED) is 0.695. The fourth-order valence-electron chi connectivity index (χ4n) is 4.82. The van der Waals surface area contributed by atoms with Crippen molar-refractivity contribution in [3.63, 3.8) is 0 Å². The van der Waals surface area contributed by atoms with Crippen molar-refractivity contribution in [1.82, 2.24) is 0 Å². The third-order valence-corrected chi connectivity index (χ3v) is 5.97. The third kappa shape index (κ3) is 2.13. The first-order valence-electron chi connectivity index (χ1n) is 8.59. The average molecular weight is 285 g/mol. The highest BCUT2D eigenvalue weighted by molar-refractivity contribution is 6.29. The number of fused-ring (bicyclic) bond motifs is 2. The number of ketones is 2. The van der Waals surface area contributed by atoms with Crippen molar-refractivity contribution in [2.24, 2.45) is 28.7 Å². The minimum atomic E-state index is -0.530. The second kappa shape index (κ2) is 5.19. The molecule has 3 nitrogen and oxygen atoms in total. The van der Waals surface area contributed by atoms with Crippen molar-refractivity contribution in [2.75, 3.05) is 0 Å². The molecular formula is C18H23NO2. The Kier molecular flexibility index (Phi) is 3.31. The molecule has 4 rings (SSSR count). The number of allylic oxidation sites excluding steroid dienone is 1. The van der Waals surface area contributed by atoms with Crippen LogP contribution in [0, 0.1) is 23.7 Å². The Balaban J connectivity index is 1.61. The summed E-state index contributed by atoms with van der Waals surface area (Å²) in [6.45, 7) is 0. The number of nitrogens with zero attached hydrogens (tertiary/aromatic N) is 1. The summed E-state index contributed by atoms with van der Waals surface area (Å²) in [6.07, 6.45) is 13.0. The van der Waals surface area contributed by atoms with Crippen molar-refractivity contribution in [1.29, 1.82) is 0 Å². The van der Waals surface area contributed by atoms with E-state index in [1.54, 1.807) is 0 Å². The van der Waals surface area contributed by atoms with E-state index in [4.69, 9.17) is 4.99 Å². The zero-order chi connectivity index (χ0) is 14.4. The summed E-state index contributed by atoms with van der Waals surface area (Å²) < 4.78 is 0. The Morgan fingerprint density at radius 3 is 2.19 bits per heavy atom. The molecule has 1 aliphatic heterocycles. The molecule has 4 atom stereocenters. The van der Waals surface area contributed by atoms with Gasteiger partial charge in [-0.2, -0.15) is 0 Å². The lowest BCUT2D eigenvalue weighted by atomic mass is 9.81. The van der Waals surface area contributed by atoms with Gasteiger partial charge in [-0.15, -0.1) is 0 Å². The summed E-state index contributed by atoms with van der Waals surface area (Å²) in [5.74, 6) is 0.339. The first-order chi connectivity index (χ1) is 10.3. The van der Waals surface area contributed by atoms with Gasteiger partial charge in [-0.1, -0.05) is 31.8 Å². The molecule has 1 heterocycles. The van der Waals surface area contributed by atoms with Crippen LogP contribution in [0.2, 0.25) is 0 Å². The Hall–Kier alpha value is -1.25. The topological polar surface area (TPSA) is 46.5 Å². The van der Waals surface area contributed by atoms with Gasteiger partial charge in [0, 0.05) is 11.8 Å². The van der Waals surface area contributed by atoms with E-state index in [2.05, 4.69) is 6.08 Å². The van der Waals surface area contributed by atoms with Crippen molar-refractivity contribution in [3.8, 4) is 0 Å². The Labute approximate surface area is 125 Å². The van der Waals surface area contributed by atoms with Crippen LogP contribution in [0.25, 0.3) is 0 Å². The SMILES string of the molecule is O=C1C(C2=NC3CCCCC3C=C2)C(=O)C2CCCCC12. The third-order valence-electron chi connectivity index (χ3n) is 5.97. The molecule has 4 unspecified atom stereocenters. The largest absolute Gasteiger partial charge is 0.298 e. The molecule has 0 bridgehead atoms.